The third-order valence-corrected chi connectivity index (χ3v) is 5.44. The van der Waals surface area contributed by atoms with Gasteiger partial charge in [0.05, 0.1) is 10.9 Å². The summed E-state index contributed by atoms with van der Waals surface area (Å²) < 4.78 is 2.10. The van der Waals surface area contributed by atoms with E-state index in [1.165, 1.54) is 12.8 Å². The van der Waals surface area contributed by atoms with Crippen LogP contribution in [0.15, 0.2) is 29.1 Å². The molecule has 1 N–H and O–H groups in total. The number of nitrogens with one attached hydrogen (secondary N) is 1. The number of rotatable bonds is 6. The molecule has 140 valence electrons. The van der Waals surface area contributed by atoms with Crippen LogP contribution in [0.25, 0.3) is 10.9 Å². The van der Waals surface area contributed by atoms with E-state index in [2.05, 4.69) is 4.98 Å². The van der Waals surface area contributed by atoms with Gasteiger partial charge in [0, 0.05) is 26.1 Å². The van der Waals surface area contributed by atoms with E-state index in [4.69, 9.17) is 12.2 Å². The van der Waals surface area contributed by atoms with E-state index in [0.717, 1.165) is 50.7 Å². The molecule has 1 aliphatic rings. The number of benzene rings is 1. The fourth-order valence-electron chi connectivity index (χ4n) is 3.60. The number of aromatic nitrogens is 2. The van der Waals surface area contributed by atoms with Gasteiger partial charge in [-0.2, -0.15) is 0 Å². The zero-order valence-corrected chi connectivity index (χ0v) is 16.0. The zero-order valence-electron chi connectivity index (χ0n) is 15.2. The van der Waals surface area contributed by atoms with E-state index in [-0.39, 0.29) is 11.5 Å². The van der Waals surface area contributed by atoms with Crippen molar-refractivity contribution >= 4 is 29.0 Å². The Bertz CT molecular complexity index is 863. The number of para-hydroxylation sites is 1. The minimum Gasteiger partial charge on any atom is -0.343 e. The van der Waals surface area contributed by atoms with Crippen LogP contribution in [0.4, 0.5) is 0 Å². The summed E-state index contributed by atoms with van der Waals surface area (Å²) in [5, 5.41) is 0.664. The monoisotopic (exact) mass is 373 g/mol. The van der Waals surface area contributed by atoms with Crippen LogP contribution < -0.4 is 5.56 Å². The van der Waals surface area contributed by atoms with Gasteiger partial charge in [0.15, 0.2) is 4.77 Å². The molecule has 0 aliphatic carbocycles. The number of H-pyrrole nitrogens is 1. The van der Waals surface area contributed by atoms with Crippen LogP contribution in [0.3, 0.4) is 0 Å². The summed E-state index contributed by atoms with van der Waals surface area (Å²) in [7, 11) is 0. The average Bonchev–Trinajstić information content (AvgIpc) is 2.93. The Labute approximate surface area is 159 Å². The van der Waals surface area contributed by atoms with Crippen LogP contribution in [0.1, 0.15) is 51.4 Å². The molecule has 1 fully saturated rings. The van der Waals surface area contributed by atoms with Crippen LogP contribution in [-0.4, -0.2) is 33.4 Å². The smallest absolute Gasteiger partial charge is 0.262 e. The summed E-state index contributed by atoms with van der Waals surface area (Å²) in [5.74, 6) is 0.284. The first-order valence-electron chi connectivity index (χ1n) is 9.66. The molecular formula is C20H27N3O2S. The van der Waals surface area contributed by atoms with Crippen molar-refractivity contribution in [3.8, 4) is 0 Å². The zero-order chi connectivity index (χ0) is 18.4. The fourth-order valence-corrected chi connectivity index (χ4v) is 3.89. The van der Waals surface area contributed by atoms with Crippen LogP contribution >= 0.6 is 12.2 Å². The number of unbranched alkanes of at least 4 members (excludes halogenated alkanes) is 2. The molecule has 0 radical (unpaired) electrons. The molecule has 1 aromatic heterocycles. The van der Waals surface area contributed by atoms with Crippen molar-refractivity contribution in [3.05, 3.63) is 39.4 Å². The third-order valence-electron chi connectivity index (χ3n) is 5.12. The molecule has 0 spiro atoms. The van der Waals surface area contributed by atoms with Crippen molar-refractivity contribution in [1.82, 2.24) is 14.5 Å². The maximum Gasteiger partial charge on any atom is 0.262 e. The second kappa shape index (κ2) is 9.12. The predicted octanol–water partition coefficient (Wildman–Crippen LogP) is 4.02. The number of fused-ring (bicyclic) bond motifs is 1. The highest BCUT2D eigenvalue weighted by atomic mass is 32.1. The molecule has 1 amide bonds. The van der Waals surface area contributed by atoms with Crippen LogP contribution in [-0.2, 0) is 11.3 Å². The quantitative estimate of drug-likeness (QED) is 0.614. The lowest BCUT2D eigenvalue weighted by Gasteiger charge is -2.20. The lowest BCUT2D eigenvalue weighted by atomic mass is 10.1. The number of aromatic amines is 1. The molecule has 1 aromatic carbocycles. The molecule has 5 nitrogen and oxygen atoms in total. The summed E-state index contributed by atoms with van der Waals surface area (Å²) in [4.78, 5) is 30.0. The van der Waals surface area contributed by atoms with Gasteiger partial charge in [-0.25, -0.2) is 0 Å². The first-order chi connectivity index (χ1) is 12.7. The second-order valence-corrected chi connectivity index (χ2v) is 7.42. The van der Waals surface area contributed by atoms with Gasteiger partial charge in [-0.05, 0) is 50.0 Å². The van der Waals surface area contributed by atoms with E-state index >= 15 is 0 Å². The van der Waals surface area contributed by atoms with Gasteiger partial charge >= 0.3 is 0 Å². The van der Waals surface area contributed by atoms with Crippen LogP contribution in [0.5, 0.6) is 0 Å². The maximum absolute atomic E-state index is 12.6. The number of carbonyl (C=O) groups is 1. The third kappa shape index (κ3) is 4.61. The molecule has 0 unspecified atom stereocenters. The largest absolute Gasteiger partial charge is 0.343 e. The molecule has 26 heavy (non-hydrogen) atoms. The molecular weight excluding hydrogens is 346 g/mol. The number of hydrogen-bond acceptors (Lipinski definition) is 3. The number of hydrogen-bond donors (Lipinski definition) is 1. The molecule has 1 saturated heterocycles. The Morgan fingerprint density at radius 3 is 2.54 bits per heavy atom. The Hall–Kier alpha value is -1.95. The minimum absolute atomic E-state index is 0.0370. The van der Waals surface area contributed by atoms with Gasteiger partial charge < -0.3 is 9.88 Å². The van der Waals surface area contributed by atoms with E-state index in [1.807, 2.05) is 29.2 Å². The molecule has 0 saturated carbocycles. The highest BCUT2D eigenvalue weighted by molar-refractivity contribution is 7.71. The predicted molar refractivity (Wildman–Crippen MR) is 107 cm³/mol. The van der Waals surface area contributed by atoms with Crippen molar-refractivity contribution < 1.29 is 4.79 Å². The summed E-state index contributed by atoms with van der Waals surface area (Å²) in [6, 6.07) is 7.43. The molecule has 6 heteroatoms. The van der Waals surface area contributed by atoms with E-state index in [1.54, 1.807) is 4.57 Å². The van der Waals surface area contributed by atoms with Gasteiger partial charge in [-0.1, -0.05) is 31.4 Å². The summed E-state index contributed by atoms with van der Waals surface area (Å²) in [5.41, 5.74) is 0.742. The average molecular weight is 374 g/mol. The number of likely N-dealkylation sites (tertiary alicyclic amines) is 1. The molecule has 3 rings (SSSR count). The molecule has 1 aliphatic heterocycles. The molecule has 0 atom stereocenters. The lowest BCUT2D eigenvalue weighted by Crippen LogP contribution is -2.31. The van der Waals surface area contributed by atoms with Crippen molar-refractivity contribution in [2.24, 2.45) is 0 Å². The summed E-state index contributed by atoms with van der Waals surface area (Å²) in [6.07, 6.45) is 8.00. The Balaban J connectivity index is 1.49. The standard InChI is InChI=1S/C20H27N3O2S/c24-18(22-13-7-1-2-8-14-22)12-4-3-9-15-23-19(25)16-10-5-6-11-17(16)21-20(23)26/h5-6,10-11H,1-4,7-9,12-15H2,(H,21,26). The highest BCUT2D eigenvalue weighted by Gasteiger charge is 2.14. The van der Waals surface area contributed by atoms with Crippen molar-refractivity contribution in [2.45, 2.75) is 57.9 Å². The van der Waals surface area contributed by atoms with Gasteiger partial charge in [-0.3, -0.25) is 14.2 Å². The van der Waals surface area contributed by atoms with Crippen molar-refractivity contribution in [2.75, 3.05) is 13.1 Å². The highest BCUT2D eigenvalue weighted by Crippen LogP contribution is 2.13. The normalized spacial score (nSPS) is 15.2. The molecule has 2 aromatic rings. The van der Waals surface area contributed by atoms with E-state index in [0.29, 0.717) is 23.1 Å². The maximum atomic E-state index is 12.6. The van der Waals surface area contributed by atoms with Crippen LogP contribution in [0.2, 0.25) is 0 Å². The van der Waals surface area contributed by atoms with E-state index in [9.17, 15) is 9.59 Å². The molecule has 2 heterocycles. The lowest BCUT2D eigenvalue weighted by molar-refractivity contribution is -0.131. The van der Waals surface area contributed by atoms with Crippen molar-refractivity contribution in [3.63, 3.8) is 0 Å². The van der Waals surface area contributed by atoms with Gasteiger partial charge in [0.2, 0.25) is 5.91 Å². The van der Waals surface area contributed by atoms with Gasteiger partial charge in [-0.15, -0.1) is 0 Å². The second-order valence-electron chi connectivity index (χ2n) is 7.04. The topological polar surface area (TPSA) is 58.1 Å². The Morgan fingerprint density at radius 1 is 1.04 bits per heavy atom. The van der Waals surface area contributed by atoms with Gasteiger partial charge in [0.25, 0.3) is 5.56 Å². The Morgan fingerprint density at radius 2 is 1.77 bits per heavy atom. The minimum atomic E-state index is -0.0370. The summed E-state index contributed by atoms with van der Waals surface area (Å²) >= 11 is 5.33. The first-order valence-corrected chi connectivity index (χ1v) is 10.1. The first kappa shape index (κ1) is 18.8. The number of nitrogens with zero attached hydrogens (tertiary/aromatic N) is 2. The Kier molecular flexibility index (Phi) is 6.61. The van der Waals surface area contributed by atoms with Crippen molar-refractivity contribution in [1.29, 1.82) is 0 Å². The number of amides is 1. The SMILES string of the molecule is O=C(CCCCCn1c(=S)[nH]c2ccccc2c1=O)N1CCCCCC1. The van der Waals surface area contributed by atoms with E-state index < -0.39 is 0 Å². The fraction of sp³-hybridized carbons (Fsp3) is 0.550. The van der Waals surface area contributed by atoms with Gasteiger partial charge in [0.1, 0.15) is 0 Å². The molecule has 0 bridgehead atoms. The van der Waals surface area contributed by atoms with Crippen LogP contribution in [0, 0.1) is 4.77 Å². The summed E-state index contributed by atoms with van der Waals surface area (Å²) in [6.45, 7) is 2.43. The number of carbonyl (C=O) groups excluding carboxylic acids is 1.